The van der Waals surface area contributed by atoms with Gasteiger partial charge in [0.15, 0.2) is 0 Å². The summed E-state index contributed by atoms with van der Waals surface area (Å²) in [5, 5.41) is 0.358. The van der Waals surface area contributed by atoms with Gasteiger partial charge in [0.05, 0.1) is 16.5 Å². The SMILES string of the molecule is CC1OCCC1(C)NS(=O)(=O)c1ccc(CN)c(Cl)c1. The van der Waals surface area contributed by atoms with Crippen molar-refractivity contribution >= 4 is 21.6 Å². The summed E-state index contributed by atoms with van der Waals surface area (Å²) in [5.74, 6) is 0. The van der Waals surface area contributed by atoms with E-state index < -0.39 is 15.6 Å². The second kappa shape index (κ2) is 5.61. The fourth-order valence-corrected chi connectivity index (χ4v) is 4.04. The number of nitrogens with two attached hydrogens (primary N) is 1. The summed E-state index contributed by atoms with van der Waals surface area (Å²) in [6, 6.07) is 4.57. The topological polar surface area (TPSA) is 81.4 Å². The maximum Gasteiger partial charge on any atom is 0.241 e. The van der Waals surface area contributed by atoms with Crippen LogP contribution in [0.4, 0.5) is 0 Å². The molecule has 1 fully saturated rings. The van der Waals surface area contributed by atoms with Crippen LogP contribution in [0.2, 0.25) is 5.02 Å². The molecule has 0 aromatic heterocycles. The minimum atomic E-state index is -3.64. The molecule has 1 aromatic carbocycles. The van der Waals surface area contributed by atoms with Crippen LogP contribution in [0.3, 0.4) is 0 Å². The second-order valence-electron chi connectivity index (χ2n) is 5.24. The van der Waals surface area contributed by atoms with Crippen LogP contribution in [0.1, 0.15) is 25.8 Å². The van der Waals surface area contributed by atoms with Crippen molar-refractivity contribution in [3.8, 4) is 0 Å². The molecule has 1 saturated heterocycles. The molecule has 0 aliphatic carbocycles. The Balaban J connectivity index is 2.29. The molecule has 3 N–H and O–H groups in total. The van der Waals surface area contributed by atoms with E-state index in [0.717, 1.165) is 5.56 Å². The van der Waals surface area contributed by atoms with Crippen LogP contribution in [0, 0.1) is 0 Å². The van der Waals surface area contributed by atoms with Gasteiger partial charge in [-0.3, -0.25) is 0 Å². The molecule has 1 aliphatic rings. The zero-order valence-electron chi connectivity index (χ0n) is 11.5. The lowest BCUT2D eigenvalue weighted by Crippen LogP contribution is -2.50. The molecule has 0 saturated carbocycles. The van der Waals surface area contributed by atoms with Crippen LogP contribution in [0.15, 0.2) is 23.1 Å². The smallest absolute Gasteiger partial charge is 0.241 e. The van der Waals surface area contributed by atoms with Crippen molar-refractivity contribution in [1.29, 1.82) is 0 Å². The van der Waals surface area contributed by atoms with Gasteiger partial charge in [0, 0.05) is 18.2 Å². The number of rotatable bonds is 4. The summed E-state index contributed by atoms with van der Waals surface area (Å²) in [7, 11) is -3.64. The Morgan fingerprint density at radius 1 is 1.55 bits per heavy atom. The first kappa shape index (κ1) is 15.7. The maximum atomic E-state index is 12.4. The largest absolute Gasteiger partial charge is 0.376 e. The van der Waals surface area contributed by atoms with E-state index >= 15 is 0 Å². The number of nitrogens with one attached hydrogen (secondary N) is 1. The van der Waals surface area contributed by atoms with Crippen LogP contribution in [-0.2, 0) is 21.3 Å². The number of sulfonamides is 1. The van der Waals surface area contributed by atoms with Crippen LogP contribution >= 0.6 is 11.6 Å². The van der Waals surface area contributed by atoms with E-state index in [9.17, 15) is 8.42 Å². The van der Waals surface area contributed by atoms with E-state index in [1.54, 1.807) is 6.07 Å². The van der Waals surface area contributed by atoms with Gasteiger partial charge < -0.3 is 10.5 Å². The average molecular weight is 319 g/mol. The van der Waals surface area contributed by atoms with Gasteiger partial charge in [0.25, 0.3) is 0 Å². The molecule has 0 radical (unpaired) electrons. The van der Waals surface area contributed by atoms with Crippen molar-refractivity contribution in [3.63, 3.8) is 0 Å². The van der Waals surface area contributed by atoms with Crippen molar-refractivity contribution in [1.82, 2.24) is 4.72 Å². The molecular formula is C13H19ClN2O3S. The third-order valence-electron chi connectivity index (χ3n) is 3.81. The number of halogens is 1. The zero-order chi connectivity index (χ0) is 15.0. The molecule has 5 nitrogen and oxygen atoms in total. The number of benzene rings is 1. The molecule has 20 heavy (non-hydrogen) atoms. The van der Waals surface area contributed by atoms with Crippen molar-refractivity contribution in [2.24, 2.45) is 5.73 Å². The van der Waals surface area contributed by atoms with Crippen LogP contribution in [0.5, 0.6) is 0 Å². The van der Waals surface area contributed by atoms with Crippen LogP contribution in [-0.4, -0.2) is 26.7 Å². The third kappa shape index (κ3) is 2.99. The first-order valence-corrected chi connectivity index (χ1v) is 8.29. The van der Waals surface area contributed by atoms with Gasteiger partial charge in [-0.2, -0.15) is 0 Å². The number of hydrogen-bond donors (Lipinski definition) is 2. The van der Waals surface area contributed by atoms with Gasteiger partial charge in [-0.15, -0.1) is 0 Å². The lowest BCUT2D eigenvalue weighted by atomic mass is 9.97. The van der Waals surface area contributed by atoms with Gasteiger partial charge >= 0.3 is 0 Å². The Bertz CT molecular complexity index is 606. The van der Waals surface area contributed by atoms with E-state index in [0.29, 0.717) is 18.1 Å². The zero-order valence-corrected chi connectivity index (χ0v) is 13.1. The first-order valence-electron chi connectivity index (χ1n) is 6.42. The van der Waals surface area contributed by atoms with Crippen molar-refractivity contribution in [2.45, 2.75) is 43.4 Å². The number of hydrogen-bond acceptors (Lipinski definition) is 4. The molecule has 1 aliphatic heterocycles. The fourth-order valence-electron chi connectivity index (χ4n) is 2.20. The first-order chi connectivity index (χ1) is 9.28. The van der Waals surface area contributed by atoms with E-state index in [2.05, 4.69) is 4.72 Å². The van der Waals surface area contributed by atoms with Crippen molar-refractivity contribution in [3.05, 3.63) is 28.8 Å². The molecule has 2 rings (SSSR count). The highest BCUT2D eigenvalue weighted by Gasteiger charge is 2.40. The molecular weight excluding hydrogens is 300 g/mol. The van der Waals surface area contributed by atoms with Gasteiger partial charge in [-0.1, -0.05) is 17.7 Å². The van der Waals surface area contributed by atoms with Gasteiger partial charge in [0.1, 0.15) is 0 Å². The Morgan fingerprint density at radius 3 is 2.75 bits per heavy atom. The number of ether oxygens (including phenoxy) is 1. The maximum absolute atomic E-state index is 12.4. The molecule has 0 bridgehead atoms. The van der Waals surface area contributed by atoms with Crippen molar-refractivity contribution in [2.75, 3.05) is 6.61 Å². The molecule has 112 valence electrons. The summed E-state index contributed by atoms with van der Waals surface area (Å²) in [6.07, 6.45) is 0.471. The van der Waals surface area contributed by atoms with E-state index in [4.69, 9.17) is 22.1 Å². The van der Waals surface area contributed by atoms with E-state index in [-0.39, 0.29) is 17.5 Å². The quantitative estimate of drug-likeness (QED) is 0.884. The summed E-state index contributed by atoms with van der Waals surface area (Å²) in [5.41, 5.74) is 5.63. The van der Waals surface area contributed by atoms with Gasteiger partial charge in [-0.25, -0.2) is 13.1 Å². The predicted octanol–water partition coefficient (Wildman–Crippen LogP) is 1.64. The summed E-state index contributed by atoms with van der Waals surface area (Å²) in [6.45, 7) is 4.53. The standard InChI is InChI=1S/C13H19ClN2O3S/c1-9-13(2,5-6-19-9)16-20(17,18)11-4-3-10(8-15)12(14)7-11/h3-4,7,9,16H,5-6,8,15H2,1-2H3. The Labute approximate surface area is 124 Å². The second-order valence-corrected chi connectivity index (χ2v) is 7.33. The molecule has 2 atom stereocenters. The highest BCUT2D eigenvalue weighted by molar-refractivity contribution is 7.89. The van der Waals surface area contributed by atoms with Crippen LogP contribution in [0.25, 0.3) is 0 Å². The van der Waals surface area contributed by atoms with E-state index in [1.807, 2.05) is 13.8 Å². The Hall–Kier alpha value is -0.660. The normalized spacial score (nSPS) is 26.9. The van der Waals surface area contributed by atoms with Gasteiger partial charge in [-0.05, 0) is 38.0 Å². The Morgan fingerprint density at radius 2 is 2.25 bits per heavy atom. The summed E-state index contributed by atoms with van der Waals surface area (Å²) < 4.78 is 33.0. The molecule has 1 heterocycles. The monoisotopic (exact) mass is 318 g/mol. The summed E-state index contributed by atoms with van der Waals surface area (Å²) in [4.78, 5) is 0.139. The minimum absolute atomic E-state index is 0.139. The Kier molecular flexibility index (Phi) is 4.41. The lowest BCUT2D eigenvalue weighted by molar-refractivity contribution is 0.0957. The van der Waals surface area contributed by atoms with Gasteiger partial charge in [0.2, 0.25) is 10.0 Å². The highest BCUT2D eigenvalue weighted by atomic mass is 35.5. The third-order valence-corrected chi connectivity index (χ3v) is 5.77. The minimum Gasteiger partial charge on any atom is -0.376 e. The lowest BCUT2D eigenvalue weighted by Gasteiger charge is -2.28. The predicted molar refractivity (Wildman–Crippen MR) is 78.1 cm³/mol. The fraction of sp³-hybridized carbons (Fsp3) is 0.538. The molecule has 0 amide bonds. The van der Waals surface area contributed by atoms with Crippen molar-refractivity contribution < 1.29 is 13.2 Å². The summed E-state index contributed by atoms with van der Waals surface area (Å²) >= 11 is 6.02. The van der Waals surface area contributed by atoms with Crippen LogP contribution < -0.4 is 10.5 Å². The molecule has 1 aromatic rings. The molecule has 2 unspecified atom stereocenters. The van der Waals surface area contributed by atoms with E-state index in [1.165, 1.54) is 12.1 Å². The average Bonchev–Trinajstić information content (AvgIpc) is 2.68. The highest BCUT2D eigenvalue weighted by Crippen LogP contribution is 2.28. The molecule has 0 spiro atoms. The molecule has 7 heteroatoms.